The molecular formula is C14H16F3N3O. The zero-order valence-electron chi connectivity index (χ0n) is 11.6. The van der Waals surface area contributed by atoms with Gasteiger partial charge in [0.25, 0.3) is 0 Å². The molecule has 4 nitrogen and oxygen atoms in total. The number of nitriles is 1. The highest BCUT2D eigenvalue weighted by molar-refractivity contribution is 5.52. The van der Waals surface area contributed by atoms with E-state index in [1.807, 2.05) is 13.0 Å². The summed E-state index contributed by atoms with van der Waals surface area (Å²) in [5.74, 6) is 0.201. The molecule has 0 aliphatic carbocycles. The number of rotatable bonds is 4. The van der Waals surface area contributed by atoms with Crippen molar-refractivity contribution < 1.29 is 17.9 Å². The van der Waals surface area contributed by atoms with Gasteiger partial charge in [0.2, 0.25) is 0 Å². The van der Waals surface area contributed by atoms with Gasteiger partial charge in [-0.15, -0.1) is 0 Å². The van der Waals surface area contributed by atoms with E-state index in [0.29, 0.717) is 13.2 Å². The summed E-state index contributed by atoms with van der Waals surface area (Å²) >= 11 is 0. The van der Waals surface area contributed by atoms with E-state index in [0.717, 1.165) is 25.0 Å². The normalized spacial score (nSPS) is 22.0. The zero-order valence-corrected chi connectivity index (χ0v) is 11.6. The Morgan fingerprint density at radius 1 is 1.48 bits per heavy atom. The molecule has 1 aromatic heterocycles. The Kier molecular flexibility index (Phi) is 4.68. The molecule has 1 saturated heterocycles. The van der Waals surface area contributed by atoms with E-state index >= 15 is 0 Å². The average molecular weight is 299 g/mol. The van der Waals surface area contributed by atoms with Gasteiger partial charge < -0.3 is 10.1 Å². The number of pyridine rings is 1. The van der Waals surface area contributed by atoms with E-state index in [-0.39, 0.29) is 23.4 Å². The molecule has 2 heterocycles. The van der Waals surface area contributed by atoms with Crippen molar-refractivity contribution in [3.8, 4) is 6.07 Å². The summed E-state index contributed by atoms with van der Waals surface area (Å²) in [7, 11) is 0. The van der Waals surface area contributed by atoms with Crippen LogP contribution in [0.3, 0.4) is 0 Å². The number of hydrogen-bond donors (Lipinski definition) is 1. The fourth-order valence-electron chi connectivity index (χ4n) is 2.45. The predicted octanol–water partition coefficient (Wildman–Crippen LogP) is 3.20. The van der Waals surface area contributed by atoms with Crippen LogP contribution in [0.25, 0.3) is 0 Å². The van der Waals surface area contributed by atoms with Crippen LogP contribution < -0.4 is 5.32 Å². The Balaban J connectivity index is 2.13. The Hall–Kier alpha value is -1.81. The highest BCUT2D eigenvalue weighted by Crippen LogP contribution is 2.30. The standard InChI is InChI=1S/C14H16F3N3O/c1-2-11-10(5-6-21-11)8-19-13-9(7-18)3-4-12(20-13)14(15,16)17/h3-4,10-11H,2,5-6,8H2,1H3,(H,19,20). The van der Waals surface area contributed by atoms with Gasteiger partial charge in [0.15, 0.2) is 0 Å². The first-order chi connectivity index (χ1) is 9.95. The third-order valence-corrected chi connectivity index (χ3v) is 3.59. The summed E-state index contributed by atoms with van der Waals surface area (Å²) in [6.45, 7) is 3.11. The lowest BCUT2D eigenvalue weighted by Crippen LogP contribution is -2.24. The highest BCUT2D eigenvalue weighted by atomic mass is 19.4. The Morgan fingerprint density at radius 2 is 2.24 bits per heavy atom. The lowest BCUT2D eigenvalue weighted by Gasteiger charge is -2.18. The zero-order chi connectivity index (χ0) is 15.5. The van der Waals surface area contributed by atoms with Crippen LogP contribution in [0.1, 0.15) is 31.0 Å². The van der Waals surface area contributed by atoms with Crippen LogP contribution >= 0.6 is 0 Å². The van der Waals surface area contributed by atoms with Crippen LogP contribution in [0.15, 0.2) is 12.1 Å². The quantitative estimate of drug-likeness (QED) is 0.927. The van der Waals surface area contributed by atoms with Crippen LogP contribution in [0.2, 0.25) is 0 Å². The molecule has 1 aliphatic heterocycles. The van der Waals surface area contributed by atoms with E-state index in [1.54, 1.807) is 0 Å². The van der Waals surface area contributed by atoms with Gasteiger partial charge in [-0.1, -0.05) is 6.92 Å². The van der Waals surface area contributed by atoms with Crippen molar-refractivity contribution in [2.45, 2.75) is 32.0 Å². The van der Waals surface area contributed by atoms with Crippen LogP contribution in [-0.4, -0.2) is 24.2 Å². The van der Waals surface area contributed by atoms with E-state index in [4.69, 9.17) is 10.00 Å². The monoisotopic (exact) mass is 299 g/mol. The van der Waals surface area contributed by atoms with Crippen molar-refractivity contribution in [3.63, 3.8) is 0 Å². The van der Waals surface area contributed by atoms with Gasteiger partial charge in [0.1, 0.15) is 17.6 Å². The number of nitrogens with zero attached hydrogens (tertiary/aromatic N) is 2. The first-order valence-corrected chi connectivity index (χ1v) is 6.79. The molecule has 1 N–H and O–H groups in total. The molecule has 2 rings (SSSR count). The topological polar surface area (TPSA) is 57.9 Å². The summed E-state index contributed by atoms with van der Waals surface area (Å²) in [4.78, 5) is 3.53. The molecule has 0 aromatic carbocycles. The smallest absolute Gasteiger partial charge is 0.378 e. The maximum Gasteiger partial charge on any atom is 0.433 e. The minimum absolute atomic E-state index is 0.0194. The molecule has 7 heteroatoms. The molecule has 0 radical (unpaired) electrons. The van der Waals surface area contributed by atoms with E-state index in [1.165, 1.54) is 0 Å². The van der Waals surface area contributed by atoms with Crippen molar-refractivity contribution in [1.29, 1.82) is 5.26 Å². The molecule has 0 spiro atoms. The first-order valence-electron chi connectivity index (χ1n) is 6.79. The number of alkyl halides is 3. The van der Waals surface area contributed by atoms with Gasteiger partial charge in [0, 0.05) is 19.1 Å². The molecular weight excluding hydrogens is 283 g/mol. The molecule has 1 aliphatic rings. The largest absolute Gasteiger partial charge is 0.433 e. The minimum atomic E-state index is -4.52. The van der Waals surface area contributed by atoms with Crippen molar-refractivity contribution in [2.75, 3.05) is 18.5 Å². The van der Waals surface area contributed by atoms with Gasteiger partial charge in [0.05, 0.1) is 11.7 Å². The first kappa shape index (κ1) is 15.6. The van der Waals surface area contributed by atoms with Crippen molar-refractivity contribution in [1.82, 2.24) is 4.98 Å². The fourth-order valence-corrected chi connectivity index (χ4v) is 2.45. The second-order valence-electron chi connectivity index (χ2n) is 4.95. The molecule has 1 fully saturated rings. The van der Waals surface area contributed by atoms with Crippen LogP contribution in [0.5, 0.6) is 0 Å². The minimum Gasteiger partial charge on any atom is -0.378 e. The van der Waals surface area contributed by atoms with Crippen molar-refractivity contribution in [3.05, 3.63) is 23.4 Å². The number of hydrogen-bond acceptors (Lipinski definition) is 4. The lowest BCUT2D eigenvalue weighted by molar-refractivity contribution is -0.141. The third kappa shape index (κ3) is 3.64. The summed E-state index contributed by atoms with van der Waals surface area (Å²) in [6, 6.07) is 3.81. The molecule has 21 heavy (non-hydrogen) atoms. The van der Waals surface area contributed by atoms with Gasteiger partial charge >= 0.3 is 6.18 Å². The SMILES string of the molecule is CCC1OCCC1CNc1nc(C(F)(F)F)ccc1C#N. The second-order valence-corrected chi connectivity index (χ2v) is 4.95. The lowest BCUT2D eigenvalue weighted by atomic mass is 9.99. The number of aromatic nitrogens is 1. The molecule has 2 unspecified atom stereocenters. The molecule has 0 amide bonds. The van der Waals surface area contributed by atoms with Crippen LogP contribution in [-0.2, 0) is 10.9 Å². The number of nitrogens with one attached hydrogen (secondary N) is 1. The van der Waals surface area contributed by atoms with E-state index < -0.39 is 11.9 Å². The molecule has 114 valence electrons. The van der Waals surface area contributed by atoms with E-state index in [2.05, 4.69) is 10.3 Å². The summed E-state index contributed by atoms with van der Waals surface area (Å²) < 4.78 is 43.5. The fraction of sp³-hybridized carbons (Fsp3) is 0.571. The van der Waals surface area contributed by atoms with Gasteiger partial charge in [-0.25, -0.2) is 4.98 Å². The highest BCUT2D eigenvalue weighted by Gasteiger charge is 2.33. The molecule has 1 aromatic rings. The summed E-state index contributed by atoms with van der Waals surface area (Å²) in [6.07, 6.45) is -2.71. The third-order valence-electron chi connectivity index (χ3n) is 3.59. The van der Waals surface area contributed by atoms with Gasteiger partial charge in [-0.05, 0) is 25.0 Å². The predicted molar refractivity (Wildman–Crippen MR) is 70.6 cm³/mol. The Labute approximate surface area is 120 Å². The Bertz CT molecular complexity index is 539. The van der Waals surface area contributed by atoms with Crippen molar-refractivity contribution >= 4 is 5.82 Å². The summed E-state index contributed by atoms with van der Waals surface area (Å²) in [5, 5.41) is 11.8. The van der Waals surface area contributed by atoms with Crippen molar-refractivity contribution in [2.24, 2.45) is 5.92 Å². The van der Waals surface area contributed by atoms with Crippen LogP contribution in [0, 0.1) is 17.2 Å². The number of ether oxygens (including phenoxy) is 1. The molecule has 2 atom stereocenters. The number of anilines is 1. The van der Waals surface area contributed by atoms with Crippen LogP contribution in [0.4, 0.5) is 19.0 Å². The van der Waals surface area contributed by atoms with Gasteiger partial charge in [-0.3, -0.25) is 0 Å². The summed E-state index contributed by atoms with van der Waals surface area (Å²) in [5.41, 5.74) is -0.895. The second kappa shape index (κ2) is 6.31. The average Bonchev–Trinajstić information content (AvgIpc) is 2.91. The maximum atomic E-state index is 12.7. The molecule has 0 saturated carbocycles. The molecule has 0 bridgehead atoms. The maximum absolute atomic E-state index is 12.7. The van der Waals surface area contributed by atoms with Gasteiger partial charge in [-0.2, -0.15) is 18.4 Å². The number of halogens is 3. The van der Waals surface area contributed by atoms with E-state index in [9.17, 15) is 13.2 Å². The Morgan fingerprint density at radius 3 is 2.86 bits per heavy atom.